The van der Waals surface area contributed by atoms with Crippen LogP contribution in [0.25, 0.3) is 5.69 Å². The number of rotatable bonds is 8. The molecule has 0 fully saturated rings. The van der Waals surface area contributed by atoms with Gasteiger partial charge in [0.15, 0.2) is 10.9 Å². The summed E-state index contributed by atoms with van der Waals surface area (Å²) in [5.74, 6) is 1.38. The van der Waals surface area contributed by atoms with E-state index in [1.54, 1.807) is 61.6 Å². The van der Waals surface area contributed by atoms with Gasteiger partial charge in [-0.05, 0) is 42.5 Å². The third kappa shape index (κ3) is 4.86. The average molecular weight is 449 g/mol. The Labute approximate surface area is 188 Å². The second-order valence-corrected chi connectivity index (χ2v) is 7.44. The first-order valence-electron chi connectivity index (χ1n) is 9.62. The van der Waals surface area contributed by atoms with Gasteiger partial charge in [0.05, 0.1) is 25.6 Å². The Morgan fingerprint density at radius 2 is 1.75 bits per heavy atom. The zero-order chi connectivity index (χ0) is 22.3. The van der Waals surface area contributed by atoms with Crippen molar-refractivity contribution in [2.75, 3.05) is 19.5 Å². The van der Waals surface area contributed by atoms with Crippen molar-refractivity contribution in [2.24, 2.45) is 0 Å². The molecule has 1 N–H and O–H groups in total. The van der Waals surface area contributed by atoms with Crippen LogP contribution in [-0.2, 0) is 5.75 Å². The van der Waals surface area contributed by atoms with E-state index in [9.17, 15) is 4.79 Å². The van der Waals surface area contributed by atoms with E-state index >= 15 is 0 Å². The van der Waals surface area contributed by atoms with Crippen molar-refractivity contribution in [1.29, 1.82) is 0 Å². The number of nitrogens with one attached hydrogen (secondary N) is 1. The molecule has 32 heavy (non-hydrogen) atoms. The Bertz CT molecular complexity index is 1200. The van der Waals surface area contributed by atoms with Crippen LogP contribution in [-0.4, -0.2) is 45.1 Å². The zero-order valence-electron chi connectivity index (χ0n) is 17.4. The van der Waals surface area contributed by atoms with Crippen LogP contribution in [0.3, 0.4) is 0 Å². The van der Waals surface area contributed by atoms with Gasteiger partial charge in [-0.2, -0.15) is 0 Å². The maximum atomic E-state index is 13.1. The highest BCUT2D eigenvalue weighted by Gasteiger charge is 2.21. The number of hydrogen-bond acceptors (Lipinski definition) is 8. The largest absolute Gasteiger partial charge is 0.497 e. The summed E-state index contributed by atoms with van der Waals surface area (Å²) < 4.78 is 12.1. The van der Waals surface area contributed by atoms with Crippen LogP contribution in [0.1, 0.15) is 16.2 Å². The van der Waals surface area contributed by atoms with Crippen molar-refractivity contribution in [3.8, 4) is 17.2 Å². The fourth-order valence-electron chi connectivity index (χ4n) is 2.92. The molecule has 2 heterocycles. The molecular formula is C22H20N6O3S. The summed E-state index contributed by atoms with van der Waals surface area (Å²) in [5, 5.41) is 11.9. The number of aromatic nitrogens is 5. The lowest BCUT2D eigenvalue weighted by atomic mass is 10.2. The predicted octanol–water partition coefficient (Wildman–Crippen LogP) is 3.62. The first-order valence-corrected chi connectivity index (χ1v) is 10.6. The van der Waals surface area contributed by atoms with Gasteiger partial charge in [-0.15, -0.1) is 5.10 Å². The summed E-state index contributed by atoms with van der Waals surface area (Å²) in [6, 6.07) is 16.2. The number of benzene rings is 2. The molecule has 2 aromatic heterocycles. The molecule has 0 radical (unpaired) electrons. The highest BCUT2D eigenvalue weighted by Crippen LogP contribution is 2.25. The molecular weight excluding hydrogens is 428 g/mol. The monoisotopic (exact) mass is 448 g/mol. The zero-order valence-corrected chi connectivity index (χ0v) is 18.2. The molecule has 1 amide bonds. The van der Waals surface area contributed by atoms with Crippen molar-refractivity contribution in [3.05, 3.63) is 78.4 Å². The van der Waals surface area contributed by atoms with E-state index in [1.807, 2.05) is 24.3 Å². The molecule has 4 rings (SSSR count). The number of amides is 1. The molecule has 0 bridgehead atoms. The summed E-state index contributed by atoms with van der Waals surface area (Å²) >= 11 is 1.39. The number of ether oxygens (including phenoxy) is 2. The standard InChI is InChI=1S/C22H20N6O3S/c1-30-17-9-7-16(8-10-17)28-19(14-32-22-23-11-4-12-24-22)20(26-27-28)21(29)25-15-5-3-6-18(13-15)31-2/h3-13H,14H2,1-2H3,(H,25,29). The van der Waals surface area contributed by atoms with Gasteiger partial charge in [0.1, 0.15) is 11.5 Å². The third-order valence-corrected chi connectivity index (χ3v) is 5.39. The molecule has 2 aromatic carbocycles. The fourth-order valence-corrected chi connectivity index (χ4v) is 3.72. The Morgan fingerprint density at radius 1 is 1.00 bits per heavy atom. The first-order chi connectivity index (χ1) is 15.7. The molecule has 0 spiro atoms. The van der Waals surface area contributed by atoms with Crippen molar-refractivity contribution >= 4 is 23.4 Å². The van der Waals surface area contributed by atoms with Gasteiger partial charge in [0.25, 0.3) is 5.91 Å². The van der Waals surface area contributed by atoms with Gasteiger partial charge in [-0.25, -0.2) is 14.6 Å². The number of carbonyl (C=O) groups is 1. The van der Waals surface area contributed by atoms with Crippen molar-refractivity contribution in [1.82, 2.24) is 25.0 Å². The van der Waals surface area contributed by atoms with Gasteiger partial charge in [-0.1, -0.05) is 23.0 Å². The Morgan fingerprint density at radius 3 is 2.47 bits per heavy atom. The quantitative estimate of drug-likeness (QED) is 0.322. The fraction of sp³-hybridized carbons (Fsp3) is 0.136. The minimum absolute atomic E-state index is 0.215. The van der Waals surface area contributed by atoms with Gasteiger partial charge in [-0.3, -0.25) is 4.79 Å². The summed E-state index contributed by atoms with van der Waals surface area (Å²) in [6.07, 6.45) is 3.34. The summed E-state index contributed by atoms with van der Waals surface area (Å²) in [6.45, 7) is 0. The Balaban J connectivity index is 1.65. The van der Waals surface area contributed by atoms with E-state index in [0.717, 1.165) is 11.4 Å². The predicted molar refractivity (Wildman–Crippen MR) is 120 cm³/mol. The molecule has 0 atom stereocenters. The molecule has 0 saturated carbocycles. The summed E-state index contributed by atoms with van der Waals surface area (Å²) in [5.41, 5.74) is 2.18. The topological polar surface area (TPSA) is 104 Å². The number of carbonyl (C=O) groups excluding carboxylic acids is 1. The van der Waals surface area contributed by atoms with E-state index in [2.05, 4.69) is 25.6 Å². The minimum Gasteiger partial charge on any atom is -0.497 e. The SMILES string of the molecule is COc1ccc(-n2nnc(C(=O)Nc3cccc(OC)c3)c2CSc2ncccn2)cc1. The van der Waals surface area contributed by atoms with Crippen LogP contribution in [0.4, 0.5) is 5.69 Å². The second kappa shape index (κ2) is 9.92. The molecule has 9 nitrogen and oxygen atoms in total. The Hall–Kier alpha value is -3.92. The van der Waals surface area contributed by atoms with E-state index in [-0.39, 0.29) is 11.6 Å². The molecule has 4 aromatic rings. The van der Waals surface area contributed by atoms with Crippen LogP contribution < -0.4 is 14.8 Å². The Kier molecular flexibility index (Phi) is 6.61. The van der Waals surface area contributed by atoms with Crippen LogP contribution in [0.5, 0.6) is 11.5 Å². The molecule has 0 aliphatic carbocycles. The van der Waals surface area contributed by atoms with Gasteiger partial charge < -0.3 is 14.8 Å². The molecule has 0 aliphatic rings. The van der Waals surface area contributed by atoms with Crippen LogP contribution in [0.15, 0.2) is 72.1 Å². The van der Waals surface area contributed by atoms with Gasteiger partial charge in [0.2, 0.25) is 0 Å². The van der Waals surface area contributed by atoms with Crippen LogP contribution >= 0.6 is 11.8 Å². The number of hydrogen-bond donors (Lipinski definition) is 1. The van der Waals surface area contributed by atoms with Gasteiger partial charge >= 0.3 is 0 Å². The maximum absolute atomic E-state index is 13.1. The lowest BCUT2D eigenvalue weighted by Gasteiger charge is -2.09. The van der Waals surface area contributed by atoms with Crippen LogP contribution in [0.2, 0.25) is 0 Å². The lowest BCUT2D eigenvalue weighted by Crippen LogP contribution is -2.15. The van der Waals surface area contributed by atoms with E-state index in [4.69, 9.17) is 9.47 Å². The van der Waals surface area contributed by atoms with E-state index in [1.165, 1.54) is 11.8 Å². The normalized spacial score (nSPS) is 10.6. The maximum Gasteiger partial charge on any atom is 0.278 e. The lowest BCUT2D eigenvalue weighted by molar-refractivity contribution is 0.102. The van der Waals surface area contributed by atoms with Crippen molar-refractivity contribution in [3.63, 3.8) is 0 Å². The van der Waals surface area contributed by atoms with Gasteiger partial charge in [0, 0.05) is 29.9 Å². The highest BCUT2D eigenvalue weighted by molar-refractivity contribution is 7.98. The highest BCUT2D eigenvalue weighted by atomic mass is 32.2. The molecule has 162 valence electrons. The molecule has 0 unspecified atom stereocenters. The number of nitrogens with zero attached hydrogens (tertiary/aromatic N) is 5. The third-order valence-electron chi connectivity index (χ3n) is 4.50. The number of anilines is 1. The average Bonchev–Trinajstić information content (AvgIpc) is 3.27. The van der Waals surface area contributed by atoms with E-state index in [0.29, 0.717) is 28.0 Å². The number of thioether (sulfide) groups is 1. The van der Waals surface area contributed by atoms with E-state index < -0.39 is 0 Å². The molecule has 0 aliphatic heterocycles. The summed E-state index contributed by atoms with van der Waals surface area (Å²) in [4.78, 5) is 21.5. The second-order valence-electron chi connectivity index (χ2n) is 6.50. The number of methoxy groups -OCH3 is 2. The molecule has 10 heteroatoms. The smallest absolute Gasteiger partial charge is 0.278 e. The first kappa shape index (κ1) is 21.3. The molecule has 0 saturated heterocycles. The van der Waals surface area contributed by atoms with Crippen LogP contribution in [0, 0.1) is 0 Å². The summed E-state index contributed by atoms with van der Waals surface area (Å²) in [7, 11) is 3.18. The minimum atomic E-state index is -0.373. The van der Waals surface area contributed by atoms with Crippen molar-refractivity contribution in [2.45, 2.75) is 10.9 Å². The van der Waals surface area contributed by atoms with Crippen molar-refractivity contribution < 1.29 is 14.3 Å².